The van der Waals surface area contributed by atoms with Gasteiger partial charge in [0.05, 0.1) is 32.7 Å². The molecule has 65 heavy (non-hydrogen) atoms. The molecule has 2 saturated heterocycles. The van der Waals surface area contributed by atoms with Crippen LogP contribution in [0.5, 0.6) is 0 Å². The number of nitrogens with zero attached hydrogens (tertiary/aromatic N) is 5. The number of alkyl halides is 1. The van der Waals surface area contributed by atoms with Gasteiger partial charge in [-0.3, -0.25) is 58.1 Å². The Morgan fingerprint density at radius 2 is 0.708 bits per heavy atom. The van der Waals surface area contributed by atoms with E-state index >= 15 is 0 Å². The van der Waals surface area contributed by atoms with Crippen molar-refractivity contribution in [1.29, 1.82) is 0 Å². The Balaban J connectivity index is -0.000000307. The second kappa shape index (κ2) is 37.6. The van der Waals surface area contributed by atoms with E-state index in [9.17, 15) is 28.8 Å². The molecule has 2 rings (SSSR count). The number of nitrogens with one attached hydrogen (secondary N) is 1. The van der Waals surface area contributed by atoms with E-state index in [-0.39, 0.29) is 173 Å². The molecule has 0 aliphatic carbocycles. The van der Waals surface area contributed by atoms with Crippen LogP contribution in [0, 0.1) is 0 Å². The molecular weight excluding hydrogens is 975 g/mol. The van der Waals surface area contributed by atoms with E-state index in [2.05, 4.69) is 35.9 Å². The normalized spacial score (nSPS) is 16.3. The molecule has 0 unspecified atom stereocenters. The molecule has 21 nitrogen and oxygen atoms in total. The summed E-state index contributed by atoms with van der Waals surface area (Å²) in [5, 5.41) is 28.6. The number of halogens is 1. The van der Waals surface area contributed by atoms with Gasteiger partial charge in [0, 0.05) is 78.5 Å². The van der Waals surface area contributed by atoms with Crippen molar-refractivity contribution in [2.75, 3.05) is 117 Å². The van der Waals surface area contributed by atoms with Gasteiger partial charge in [0.25, 0.3) is 6.47 Å². The first-order valence-corrected chi connectivity index (χ1v) is 21.9. The second-order valence-corrected chi connectivity index (χ2v) is 19.2. The minimum Gasteiger partial charge on any atom is -1.00 e. The average molecular weight is 1050 g/mol. The Bertz CT molecular complexity index is 1320. The molecule has 0 radical (unpaired) electrons. The van der Waals surface area contributed by atoms with Crippen LogP contribution in [0.4, 0.5) is 0 Å². The number of esters is 4. The van der Waals surface area contributed by atoms with Crippen molar-refractivity contribution in [1.82, 2.24) is 29.8 Å². The number of carboxylic acids is 2. The summed E-state index contributed by atoms with van der Waals surface area (Å²) in [5.74, 6) is -2.80. The zero-order chi connectivity index (χ0) is 49.0. The summed E-state index contributed by atoms with van der Waals surface area (Å²) >= 11 is 2.71. The average Bonchev–Trinajstić information content (AvgIpc) is 3.25. The first-order valence-electron chi connectivity index (χ1n) is 20.8. The zero-order valence-corrected chi connectivity index (χ0v) is 49.5. The van der Waals surface area contributed by atoms with Crippen LogP contribution in [-0.2, 0) is 57.4 Å². The van der Waals surface area contributed by atoms with Crippen LogP contribution >= 0.6 is 15.9 Å². The third-order valence-electron chi connectivity index (χ3n) is 7.74. The number of carboxylic acid groups (broad SMARTS) is 2. The number of carbonyl (C=O) groups is 7. The Morgan fingerprint density at radius 3 is 0.877 bits per heavy atom. The largest absolute Gasteiger partial charge is 1.00 e. The molecule has 0 aromatic heterocycles. The van der Waals surface area contributed by atoms with E-state index in [0.717, 1.165) is 26.2 Å². The number of aliphatic carboxylic acids is 2. The van der Waals surface area contributed by atoms with Crippen molar-refractivity contribution < 1.29 is 177 Å². The van der Waals surface area contributed by atoms with Gasteiger partial charge in [0.2, 0.25) is 0 Å². The summed E-state index contributed by atoms with van der Waals surface area (Å²) in [5.41, 5.74) is -2.07. The van der Waals surface area contributed by atoms with Gasteiger partial charge in [-0.05, 0) is 83.1 Å². The summed E-state index contributed by atoms with van der Waals surface area (Å²) in [6.45, 7) is 30.5. The third-order valence-corrected chi connectivity index (χ3v) is 8.22. The maximum Gasteiger partial charge on any atom is 1.00 e. The molecule has 2 fully saturated rings. The quantitative estimate of drug-likeness (QED) is 0.0314. The first-order chi connectivity index (χ1) is 28.9. The zero-order valence-electron chi connectivity index (χ0n) is 42.6. The van der Waals surface area contributed by atoms with Gasteiger partial charge in [-0.1, -0.05) is 15.9 Å². The van der Waals surface area contributed by atoms with Gasteiger partial charge in [0.15, 0.2) is 0 Å². The molecule has 24 heteroatoms. The predicted octanol–water partition coefficient (Wildman–Crippen LogP) is -5.43. The summed E-state index contributed by atoms with van der Waals surface area (Å²) in [6, 6.07) is 0. The minimum absolute atomic E-state index is 0. The molecule has 2 aliphatic rings. The molecule has 0 amide bonds. The summed E-state index contributed by atoms with van der Waals surface area (Å²) in [6.07, 6.45) is 0. The maximum absolute atomic E-state index is 12.2. The van der Waals surface area contributed by atoms with Crippen LogP contribution in [-0.4, -0.2) is 216 Å². The molecular formula is C41H77BrK2N6O15. The summed E-state index contributed by atoms with van der Waals surface area (Å²) in [7, 11) is 0. The van der Waals surface area contributed by atoms with Crippen molar-refractivity contribution in [3.63, 3.8) is 0 Å². The third kappa shape index (κ3) is 48.6. The molecule has 0 aromatic carbocycles. The van der Waals surface area contributed by atoms with E-state index < -0.39 is 34.3 Å². The van der Waals surface area contributed by atoms with Crippen molar-refractivity contribution in [2.24, 2.45) is 0 Å². The molecule has 0 bridgehead atoms. The van der Waals surface area contributed by atoms with Crippen LogP contribution < -0.4 is 113 Å². The topological polar surface area (TPSA) is 257 Å². The van der Waals surface area contributed by atoms with Crippen molar-refractivity contribution in [2.45, 2.75) is 105 Å². The molecule has 0 aromatic rings. The Morgan fingerprint density at radius 1 is 0.508 bits per heavy atom. The minimum atomic E-state index is -0.901. The Kier molecular flexibility index (Phi) is 41.2. The van der Waals surface area contributed by atoms with Crippen LogP contribution in [0.2, 0.25) is 0 Å². The monoisotopic (exact) mass is 1050 g/mol. The van der Waals surface area contributed by atoms with Gasteiger partial charge < -0.3 is 46.0 Å². The standard InChI is InChI=1S/C20H37N3O6.C18H35N3O4.C2H3BrO2.CH2O3.2K.H/c1-19(2,3)28-17(26)14-22-9-7-21(13-16(24)25)8-10-23(12-11-22)15-18(27)29-20(4,5)6;1-17(2,3)24-15(22)13-20-9-7-19-8-10-21(12-11-20)14-16(23)25-18(4,5)6;3-1-2(4)5;2-1-4-3;;;/h7-15H2,1-6H3,(H,24,25);19H,7-14H2,1-6H3;1H2,(H,4,5);1,3H;;;/q;;;;2*+1;-1/p-1. The smallest absolute Gasteiger partial charge is 1.00 e. The van der Waals surface area contributed by atoms with E-state index in [4.69, 9.17) is 39.2 Å². The van der Waals surface area contributed by atoms with E-state index in [1.54, 1.807) is 0 Å². The number of ether oxygens (including phenoxy) is 4. The van der Waals surface area contributed by atoms with Crippen molar-refractivity contribution >= 4 is 58.2 Å². The van der Waals surface area contributed by atoms with Gasteiger partial charge in [-0.25, -0.2) is 0 Å². The summed E-state index contributed by atoms with van der Waals surface area (Å²) in [4.78, 5) is 90.1. The molecule has 0 atom stereocenters. The number of carbonyl (C=O) groups excluding carboxylic acids is 5. The molecule has 0 spiro atoms. The van der Waals surface area contributed by atoms with E-state index in [1.807, 2.05) is 97.8 Å². The van der Waals surface area contributed by atoms with Crippen molar-refractivity contribution in [3.8, 4) is 0 Å². The SMILES string of the molecule is CC(C)(C)OC(=O)CN1CCN(CC(=O)O)CCN(CC(=O)OC(C)(C)C)CC1.CC(C)(C)OC(=O)CN1CCNCCN(CC(=O)OC(C)(C)C)CC1.O=C(O)CBr.O=CO[O-].[H-].[K+].[K+]. The van der Waals surface area contributed by atoms with Crippen LogP contribution in [0.15, 0.2) is 0 Å². The van der Waals surface area contributed by atoms with Crippen LogP contribution in [0.1, 0.15) is 84.5 Å². The second-order valence-electron chi connectivity index (χ2n) is 18.6. The molecule has 2 aliphatic heterocycles. The van der Waals surface area contributed by atoms with E-state index in [1.165, 1.54) is 0 Å². The van der Waals surface area contributed by atoms with Crippen LogP contribution in [0.3, 0.4) is 0 Å². The first kappa shape index (κ1) is 71.3. The van der Waals surface area contributed by atoms with E-state index in [0.29, 0.717) is 52.4 Å². The van der Waals surface area contributed by atoms with Crippen molar-refractivity contribution in [3.05, 3.63) is 0 Å². The molecule has 0 saturated carbocycles. The fourth-order valence-electron chi connectivity index (χ4n) is 5.50. The maximum atomic E-state index is 12.2. The van der Waals surface area contributed by atoms with Crippen LogP contribution in [0.25, 0.3) is 0 Å². The van der Waals surface area contributed by atoms with Gasteiger partial charge in [-0.15, -0.1) is 0 Å². The van der Waals surface area contributed by atoms with Gasteiger partial charge in [0.1, 0.15) is 27.7 Å². The summed E-state index contributed by atoms with van der Waals surface area (Å²) < 4.78 is 21.6. The molecule has 370 valence electrons. The predicted molar refractivity (Wildman–Crippen MR) is 236 cm³/mol. The number of rotatable bonds is 12. The molecule has 3 N–H and O–H groups in total. The van der Waals surface area contributed by atoms with Gasteiger partial charge in [-0.2, -0.15) is 0 Å². The number of hydrogen-bond acceptors (Lipinski definition) is 19. The van der Waals surface area contributed by atoms with Gasteiger partial charge >= 0.3 is 139 Å². The molecule has 2 heterocycles. The fourth-order valence-corrected chi connectivity index (χ4v) is 5.50. The fraction of sp³-hybridized carbons (Fsp3) is 0.829. The number of hydrogen-bond donors (Lipinski definition) is 3. The Hall–Kier alpha value is -0.237. The Labute approximate surface area is 481 Å².